The number of para-hydroxylation sites is 1. The highest BCUT2D eigenvalue weighted by molar-refractivity contribution is 7.10. The number of hydrogen-bond donors (Lipinski definition) is 1. The van der Waals surface area contributed by atoms with Crippen molar-refractivity contribution in [2.45, 2.75) is 25.6 Å². The molecule has 6 heteroatoms. The van der Waals surface area contributed by atoms with Gasteiger partial charge in [0.2, 0.25) is 11.8 Å². The highest BCUT2D eigenvalue weighted by atomic mass is 32.1. The van der Waals surface area contributed by atoms with E-state index in [9.17, 15) is 9.59 Å². The second-order valence-corrected chi connectivity index (χ2v) is 9.14. The Morgan fingerprint density at radius 1 is 0.886 bits per heavy atom. The molecule has 3 aromatic carbocycles. The largest absolute Gasteiger partial charge is 0.496 e. The maximum absolute atomic E-state index is 13.7. The number of nitrogens with zero attached hydrogens (tertiary/aromatic N) is 1. The van der Waals surface area contributed by atoms with Gasteiger partial charge in [0.25, 0.3) is 0 Å². The van der Waals surface area contributed by atoms with Crippen LogP contribution in [-0.2, 0) is 29.1 Å². The number of nitrogens with one attached hydrogen (secondary N) is 1. The van der Waals surface area contributed by atoms with Gasteiger partial charge in [-0.2, -0.15) is 0 Å². The first-order valence-electron chi connectivity index (χ1n) is 11.5. The molecule has 1 aromatic heterocycles. The number of thiophene rings is 1. The van der Waals surface area contributed by atoms with Gasteiger partial charge in [-0.3, -0.25) is 9.59 Å². The summed E-state index contributed by atoms with van der Waals surface area (Å²) in [5.74, 6) is 0.328. The van der Waals surface area contributed by atoms with Crippen molar-refractivity contribution >= 4 is 23.2 Å². The van der Waals surface area contributed by atoms with E-state index in [2.05, 4.69) is 5.32 Å². The first kappa shape index (κ1) is 24.2. The first-order chi connectivity index (χ1) is 17.2. The summed E-state index contributed by atoms with van der Waals surface area (Å²) in [6.45, 7) is 0.622. The summed E-state index contributed by atoms with van der Waals surface area (Å²) in [5, 5.41) is 5.00. The summed E-state index contributed by atoms with van der Waals surface area (Å²) >= 11 is 1.53. The van der Waals surface area contributed by atoms with E-state index < -0.39 is 6.04 Å². The Balaban J connectivity index is 1.69. The van der Waals surface area contributed by atoms with E-state index in [1.54, 1.807) is 12.0 Å². The minimum atomic E-state index is -0.794. The van der Waals surface area contributed by atoms with Gasteiger partial charge in [-0.1, -0.05) is 84.9 Å². The minimum absolute atomic E-state index is 0.123. The van der Waals surface area contributed by atoms with Crippen molar-refractivity contribution in [3.05, 3.63) is 124 Å². The molecule has 5 nitrogen and oxygen atoms in total. The summed E-state index contributed by atoms with van der Waals surface area (Å²) in [6.07, 6.45) is 0.224. The monoisotopic (exact) mass is 484 g/mol. The first-order valence-corrected chi connectivity index (χ1v) is 12.3. The third-order valence-electron chi connectivity index (χ3n) is 5.74. The third kappa shape index (κ3) is 6.37. The van der Waals surface area contributed by atoms with Crippen molar-refractivity contribution in [3.63, 3.8) is 0 Å². The van der Waals surface area contributed by atoms with E-state index in [0.29, 0.717) is 12.3 Å². The van der Waals surface area contributed by atoms with Crippen LogP contribution >= 0.6 is 11.3 Å². The fraction of sp³-hybridized carbons (Fsp3) is 0.172. The zero-order chi connectivity index (χ0) is 24.5. The van der Waals surface area contributed by atoms with Crippen LogP contribution in [0.15, 0.2) is 102 Å². The molecule has 1 atom stereocenters. The molecule has 0 radical (unpaired) electrons. The molecular formula is C29H28N2O3S. The average Bonchev–Trinajstić information content (AvgIpc) is 3.41. The topological polar surface area (TPSA) is 58.6 Å². The molecule has 0 aliphatic carbocycles. The number of methoxy groups -OCH3 is 1. The summed E-state index contributed by atoms with van der Waals surface area (Å²) in [4.78, 5) is 30.0. The zero-order valence-corrected chi connectivity index (χ0v) is 20.4. The Morgan fingerprint density at radius 3 is 2.26 bits per heavy atom. The van der Waals surface area contributed by atoms with Crippen LogP contribution in [0.3, 0.4) is 0 Å². The number of amides is 2. The minimum Gasteiger partial charge on any atom is -0.496 e. The normalized spacial score (nSPS) is 11.5. The lowest BCUT2D eigenvalue weighted by Crippen LogP contribution is -2.43. The molecule has 0 fully saturated rings. The molecule has 0 bridgehead atoms. The molecule has 0 spiro atoms. The van der Waals surface area contributed by atoms with Gasteiger partial charge in [0.15, 0.2) is 0 Å². The lowest BCUT2D eigenvalue weighted by Gasteiger charge is -2.32. The Kier molecular flexibility index (Phi) is 8.30. The summed E-state index contributed by atoms with van der Waals surface area (Å²) in [6, 6.07) is 29.9. The second kappa shape index (κ2) is 12.0. The van der Waals surface area contributed by atoms with Crippen LogP contribution in [0, 0.1) is 0 Å². The molecular weight excluding hydrogens is 456 g/mol. The fourth-order valence-corrected chi connectivity index (χ4v) is 4.69. The maximum atomic E-state index is 13.7. The Bertz CT molecular complexity index is 1230. The van der Waals surface area contributed by atoms with Gasteiger partial charge in [0.1, 0.15) is 11.8 Å². The number of ether oxygens (including phenoxy) is 1. The molecule has 1 N–H and O–H groups in total. The maximum Gasteiger partial charge on any atom is 0.247 e. The molecule has 0 saturated carbocycles. The van der Waals surface area contributed by atoms with E-state index in [0.717, 1.165) is 21.6 Å². The number of benzene rings is 3. The van der Waals surface area contributed by atoms with E-state index in [1.807, 2.05) is 102 Å². The van der Waals surface area contributed by atoms with Gasteiger partial charge >= 0.3 is 0 Å². The predicted octanol–water partition coefficient (Wildman–Crippen LogP) is 5.39. The molecule has 1 heterocycles. The quantitative estimate of drug-likeness (QED) is 0.329. The summed E-state index contributed by atoms with van der Waals surface area (Å²) in [7, 11) is 1.61. The van der Waals surface area contributed by atoms with Crippen molar-refractivity contribution < 1.29 is 14.3 Å². The molecule has 4 rings (SSSR count). The average molecular weight is 485 g/mol. The van der Waals surface area contributed by atoms with Gasteiger partial charge in [-0.15, -0.1) is 11.3 Å². The molecule has 0 aliphatic heterocycles. The molecule has 0 unspecified atom stereocenters. The van der Waals surface area contributed by atoms with Gasteiger partial charge in [0, 0.05) is 17.0 Å². The van der Waals surface area contributed by atoms with Crippen LogP contribution in [0.4, 0.5) is 0 Å². The lowest BCUT2D eigenvalue weighted by atomic mass is 10.0. The molecule has 178 valence electrons. The molecule has 35 heavy (non-hydrogen) atoms. The molecule has 4 aromatic rings. The highest BCUT2D eigenvalue weighted by Crippen LogP contribution is 2.28. The van der Waals surface area contributed by atoms with Crippen molar-refractivity contribution in [3.8, 4) is 5.75 Å². The number of carbonyl (C=O) groups excluding carboxylic acids is 2. The van der Waals surface area contributed by atoms with Crippen LogP contribution < -0.4 is 10.1 Å². The third-order valence-corrected chi connectivity index (χ3v) is 6.62. The van der Waals surface area contributed by atoms with Gasteiger partial charge in [0.05, 0.1) is 20.1 Å². The van der Waals surface area contributed by atoms with Gasteiger partial charge in [-0.25, -0.2) is 0 Å². The van der Waals surface area contributed by atoms with Crippen molar-refractivity contribution in [1.82, 2.24) is 10.2 Å². The lowest BCUT2D eigenvalue weighted by molar-refractivity contribution is -0.141. The van der Waals surface area contributed by atoms with E-state index in [1.165, 1.54) is 11.3 Å². The molecule has 2 amide bonds. The molecule has 0 saturated heterocycles. The summed E-state index contributed by atoms with van der Waals surface area (Å²) in [5.41, 5.74) is 2.59. The second-order valence-electron chi connectivity index (χ2n) is 8.11. The van der Waals surface area contributed by atoms with Crippen LogP contribution in [0.5, 0.6) is 5.75 Å². The van der Waals surface area contributed by atoms with Crippen LogP contribution in [0.25, 0.3) is 0 Å². The number of rotatable bonds is 10. The van der Waals surface area contributed by atoms with Gasteiger partial charge < -0.3 is 15.0 Å². The predicted molar refractivity (Wildman–Crippen MR) is 139 cm³/mol. The number of carbonyl (C=O) groups is 2. The highest BCUT2D eigenvalue weighted by Gasteiger charge is 2.32. The van der Waals surface area contributed by atoms with Crippen LogP contribution in [-0.4, -0.2) is 23.8 Å². The Hall–Kier alpha value is -3.90. The number of hydrogen-bond acceptors (Lipinski definition) is 4. The van der Waals surface area contributed by atoms with E-state index in [4.69, 9.17) is 4.74 Å². The standard InChI is InChI=1S/C29H28N2O3S/c1-34-26-17-9-8-15-24(26)21-31(27(32)19-25-16-10-18-35-25)28(23-13-6-3-7-14-23)29(33)30-20-22-11-4-2-5-12-22/h2-18,28H,19-21H2,1H3,(H,30,33)/t28-/m1/s1. The van der Waals surface area contributed by atoms with Gasteiger partial charge in [-0.05, 0) is 28.6 Å². The SMILES string of the molecule is COc1ccccc1CN(C(=O)Cc1cccs1)[C@@H](C(=O)NCc1ccccc1)c1ccccc1. The molecule has 0 aliphatic rings. The Morgan fingerprint density at radius 2 is 1.57 bits per heavy atom. The Labute approximate surface area is 210 Å². The van der Waals surface area contributed by atoms with Crippen molar-refractivity contribution in [1.29, 1.82) is 0 Å². The summed E-state index contributed by atoms with van der Waals surface area (Å²) < 4.78 is 5.55. The van der Waals surface area contributed by atoms with Crippen molar-refractivity contribution in [2.75, 3.05) is 7.11 Å². The van der Waals surface area contributed by atoms with E-state index in [-0.39, 0.29) is 24.8 Å². The van der Waals surface area contributed by atoms with Crippen molar-refractivity contribution in [2.24, 2.45) is 0 Å². The van der Waals surface area contributed by atoms with Crippen LogP contribution in [0.1, 0.15) is 27.6 Å². The smallest absolute Gasteiger partial charge is 0.247 e. The fourth-order valence-electron chi connectivity index (χ4n) is 3.99. The van der Waals surface area contributed by atoms with E-state index >= 15 is 0 Å². The zero-order valence-electron chi connectivity index (χ0n) is 19.6. The van der Waals surface area contributed by atoms with Crippen LogP contribution in [0.2, 0.25) is 0 Å².